The Bertz CT molecular complexity index is 1520. The molecule has 40 heavy (non-hydrogen) atoms. The molecule has 0 aliphatic heterocycles. The predicted octanol–water partition coefficient (Wildman–Crippen LogP) is 6.87. The molecule has 0 bridgehead atoms. The van der Waals surface area contributed by atoms with Crippen LogP contribution in [-0.2, 0) is 9.47 Å². The van der Waals surface area contributed by atoms with Crippen LogP contribution < -0.4 is 9.47 Å². The smallest absolute Gasteiger partial charge is 0.434 e. The Balaban J connectivity index is 1.39. The van der Waals surface area contributed by atoms with Crippen molar-refractivity contribution in [2.45, 2.75) is 13.8 Å². The number of hydrogen-bond donors (Lipinski definition) is 2. The fraction of sp³-hybridized carbons (Fsp3) is 0.133. The molecule has 0 aliphatic carbocycles. The highest BCUT2D eigenvalue weighted by molar-refractivity contribution is 5.76. The Kier molecular flexibility index (Phi) is 7.87. The fourth-order valence-electron chi connectivity index (χ4n) is 4.04. The Hall–Kier alpha value is -5.38. The molecule has 0 amide bonds. The van der Waals surface area contributed by atoms with Crippen LogP contribution >= 0.6 is 0 Å². The minimum atomic E-state index is -0.772. The van der Waals surface area contributed by atoms with E-state index in [-0.39, 0.29) is 13.2 Å². The largest absolute Gasteiger partial charge is 0.513 e. The number of para-hydroxylation sites is 2. The number of imidazole rings is 2. The average molecular weight is 539 g/mol. The Labute approximate surface area is 229 Å². The van der Waals surface area contributed by atoms with Gasteiger partial charge in [-0.1, -0.05) is 42.5 Å². The molecule has 2 aromatic heterocycles. The van der Waals surface area contributed by atoms with Crippen LogP contribution in [0.4, 0.5) is 9.59 Å². The maximum absolute atomic E-state index is 11.9. The molecule has 0 radical (unpaired) electrons. The summed E-state index contributed by atoms with van der Waals surface area (Å²) in [5.74, 6) is 1.96. The number of H-pyrrole nitrogens is 2. The summed E-state index contributed by atoms with van der Waals surface area (Å²) in [6.45, 7) is 3.86. The lowest BCUT2D eigenvalue weighted by molar-refractivity contribution is 0.103. The minimum absolute atomic E-state index is 0.217. The van der Waals surface area contributed by atoms with Crippen molar-refractivity contribution in [2.24, 2.45) is 0 Å². The number of nitrogens with zero attached hydrogens (tertiary/aromatic N) is 2. The van der Waals surface area contributed by atoms with Crippen LogP contribution in [0.15, 0.2) is 85.2 Å². The van der Waals surface area contributed by atoms with Crippen LogP contribution in [0, 0.1) is 0 Å². The first-order chi connectivity index (χ1) is 19.6. The maximum Gasteiger partial charge on any atom is 0.513 e. The lowest BCUT2D eigenvalue weighted by Crippen LogP contribution is -2.10. The summed E-state index contributed by atoms with van der Waals surface area (Å²) in [6, 6.07) is 22.0. The molecule has 10 nitrogen and oxygen atoms in total. The third kappa shape index (κ3) is 5.86. The zero-order valence-electron chi connectivity index (χ0n) is 21.8. The molecule has 0 saturated heterocycles. The summed E-state index contributed by atoms with van der Waals surface area (Å²) in [7, 11) is 0. The SMILES string of the molecule is CCOC(=O)Oc1ccccc1-c1c[nH]c(-c2cccc(-c3nc(-c4ccccc4OC(=O)OCC)c[nH]3)c2)n1. The first-order valence-corrected chi connectivity index (χ1v) is 12.6. The highest BCUT2D eigenvalue weighted by Gasteiger charge is 2.16. The summed E-state index contributed by atoms with van der Waals surface area (Å²) in [5.41, 5.74) is 4.17. The minimum Gasteiger partial charge on any atom is -0.434 e. The summed E-state index contributed by atoms with van der Waals surface area (Å²) < 4.78 is 20.5. The average Bonchev–Trinajstić information content (AvgIpc) is 3.65. The normalized spacial score (nSPS) is 10.7. The van der Waals surface area contributed by atoms with Crippen molar-refractivity contribution in [3.05, 3.63) is 85.2 Å². The van der Waals surface area contributed by atoms with Crippen molar-refractivity contribution in [3.8, 4) is 56.8 Å². The Morgan fingerprint density at radius 1 is 0.650 bits per heavy atom. The number of carbonyl (C=O) groups is 2. The van der Waals surface area contributed by atoms with E-state index in [1.165, 1.54) is 0 Å². The van der Waals surface area contributed by atoms with Gasteiger partial charge in [-0.25, -0.2) is 19.6 Å². The molecule has 5 rings (SSSR count). The maximum atomic E-state index is 11.9. The number of carbonyl (C=O) groups excluding carboxylic acids is 2. The van der Waals surface area contributed by atoms with Crippen LogP contribution in [0.2, 0.25) is 0 Å². The molecule has 202 valence electrons. The zero-order valence-corrected chi connectivity index (χ0v) is 21.8. The van der Waals surface area contributed by atoms with Gasteiger partial charge in [-0.05, 0) is 44.2 Å². The number of aromatic amines is 2. The van der Waals surface area contributed by atoms with Crippen LogP contribution in [-0.4, -0.2) is 45.5 Å². The van der Waals surface area contributed by atoms with E-state index in [1.807, 2.05) is 48.5 Å². The van der Waals surface area contributed by atoms with E-state index in [9.17, 15) is 9.59 Å². The van der Waals surface area contributed by atoms with Gasteiger partial charge < -0.3 is 28.9 Å². The van der Waals surface area contributed by atoms with Gasteiger partial charge in [-0.15, -0.1) is 0 Å². The van der Waals surface area contributed by atoms with Gasteiger partial charge in [0.25, 0.3) is 0 Å². The lowest BCUT2D eigenvalue weighted by Gasteiger charge is -2.08. The summed E-state index contributed by atoms with van der Waals surface area (Å²) >= 11 is 0. The molecule has 0 unspecified atom stereocenters. The van der Waals surface area contributed by atoms with Crippen molar-refractivity contribution in [1.82, 2.24) is 19.9 Å². The van der Waals surface area contributed by atoms with Gasteiger partial charge in [0.2, 0.25) is 0 Å². The molecule has 0 spiro atoms. The predicted molar refractivity (Wildman–Crippen MR) is 148 cm³/mol. The molecule has 3 aromatic carbocycles. The first kappa shape index (κ1) is 26.2. The van der Waals surface area contributed by atoms with Gasteiger partial charge >= 0.3 is 12.3 Å². The third-order valence-electron chi connectivity index (χ3n) is 5.80. The molecule has 0 saturated carbocycles. The van der Waals surface area contributed by atoms with E-state index in [1.54, 1.807) is 50.5 Å². The molecular formula is C30H26N4O6. The summed E-state index contributed by atoms with van der Waals surface area (Å²) in [5, 5.41) is 0. The lowest BCUT2D eigenvalue weighted by atomic mass is 10.1. The second-order valence-electron chi connectivity index (χ2n) is 8.41. The molecule has 10 heteroatoms. The van der Waals surface area contributed by atoms with Crippen molar-refractivity contribution >= 4 is 12.3 Å². The topological polar surface area (TPSA) is 128 Å². The van der Waals surface area contributed by atoms with Crippen molar-refractivity contribution in [2.75, 3.05) is 13.2 Å². The van der Waals surface area contributed by atoms with E-state index in [2.05, 4.69) is 9.97 Å². The Morgan fingerprint density at radius 2 is 1.10 bits per heavy atom. The molecule has 0 fully saturated rings. The van der Waals surface area contributed by atoms with Gasteiger partial charge in [-0.2, -0.15) is 0 Å². The van der Waals surface area contributed by atoms with E-state index >= 15 is 0 Å². The molecule has 0 atom stereocenters. The van der Waals surface area contributed by atoms with Crippen molar-refractivity contribution < 1.29 is 28.5 Å². The second-order valence-corrected chi connectivity index (χ2v) is 8.41. The van der Waals surface area contributed by atoms with Crippen LogP contribution in [0.25, 0.3) is 45.3 Å². The first-order valence-electron chi connectivity index (χ1n) is 12.6. The standard InChI is InChI=1S/C30H26N4O6/c1-3-37-29(35)39-25-14-7-5-12-21(25)23-17-31-27(33-23)19-10-9-11-20(16-19)28-32-18-24(34-28)22-13-6-8-15-26(22)40-30(36)38-4-2/h5-18H,3-4H2,1-2H3,(H,31,33)(H,32,34). The van der Waals surface area contributed by atoms with Crippen LogP contribution in [0.1, 0.15) is 13.8 Å². The van der Waals surface area contributed by atoms with Crippen LogP contribution in [0.5, 0.6) is 11.5 Å². The van der Waals surface area contributed by atoms with Gasteiger partial charge in [-0.3, -0.25) is 0 Å². The van der Waals surface area contributed by atoms with Gasteiger partial charge in [0.05, 0.1) is 24.6 Å². The fourth-order valence-corrected chi connectivity index (χ4v) is 4.04. The van der Waals surface area contributed by atoms with Crippen LogP contribution in [0.3, 0.4) is 0 Å². The van der Waals surface area contributed by atoms with E-state index < -0.39 is 12.3 Å². The van der Waals surface area contributed by atoms with E-state index in [0.717, 1.165) is 11.1 Å². The number of nitrogens with one attached hydrogen (secondary N) is 2. The number of ether oxygens (including phenoxy) is 4. The van der Waals surface area contributed by atoms with Crippen molar-refractivity contribution in [3.63, 3.8) is 0 Å². The summed E-state index contributed by atoms with van der Waals surface area (Å²) in [4.78, 5) is 39.6. The number of aromatic nitrogens is 4. The zero-order chi connectivity index (χ0) is 27.9. The third-order valence-corrected chi connectivity index (χ3v) is 5.80. The molecule has 5 aromatic rings. The Morgan fingerprint density at radius 3 is 1.55 bits per heavy atom. The van der Waals surface area contributed by atoms with E-state index in [4.69, 9.17) is 28.9 Å². The second kappa shape index (κ2) is 12.0. The monoisotopic (exact) mass is 538 g/mol. The summed E-state index contributed by atoms with van der Waals surface area (Å²) in [6.07, 6.45) is 1.96. The van der Waals surface area contributed by atoms with Gasteiger partial charge in [0, 0.05) is 34.6 Å². The molecule has 0 aliphatic rings. The van der Waals surface area contributed by atoms with Gasteiger partial charge in [0.1, 0.15) is 23.1 Å². The number of rotatable bonds is 8. The van der Waals surface area contributed by atoms with Gasteiger partial charge in [0.15, 0.2) is 0 Å². The molecule has 2 N–H and O–H groups in total. The number of benzene rings is 3. The van der Waals surface area contributed by atoms with E-state index in [0.29, 0.717) is 45.7 Å². The molecular weight excluding hydrogens is 512 g/mol. The highest BCUT2D eigenvalue weighted by Crippen LogP contribution is 2.33. The quantitative estimate of drug-likeness (QED) is 0.162. The highest BCUT2D eigenvalue weighted by atomic mass is 16.7. The van der Waals surface area contributed by atoms with Crippen molar-refractivity contribution in [1.29, 1.82) is 0 Å². The number of hydrogen-bond acceptors (Lipinski definition) is 8. The molecule has 2 heterocycles.